The molecule has 0 atom stereocenters. The third kappa shape index (κ3) is 5.74. The molecule has 50 heavy (non-hydrogen) atoms. The van der Waals surface area contributed by atoms with E-state index in [9.17, 15) is 0 Å². The average molecular weight is 640 g/mol. The zero-order valence-corrected chi connectivity index (χ0v) is 27.4. The second kappa shape index (κ2) is 12.8. The molecular weight excluding hydrogens is 607 g/mol. The molecule has 0 fully saturated rings. The minimum Gasteiger partial charge on any atom is -0.456 e. The molecule has 9 rings (SSSR count). The molecular formula is C48H33NO. The summed E-state index contributed by atoms with van der Waals surface area (Å²) in [7, 11) is 0. The highest BCUT2D eigenvalue weighted by Gasteiger charge is 2.16. The van der Waals surface area contributed by atoms with Gasteiger partial charge < -0.3 is 9.32 Å². The van der Waals surface area contributed by atoms with E-state index in [1.165, 1.54) is 44.2 Å². The van der Waals surface area contributed by atoms with Crippen LogP contribution < -0.4 is 4.90 Å². The van der Waals surface area contributed by atoms with Crippen LogP contribution in [0.25, 0.3) is 66.4 Å². The van der Waals surface area contributed by atoms with Gasteiger partial charge in [0, 0.05) is 28.0 Å². The van der Waals surface area contributed by atoms with Crippen molar-refractivity contribution in [2.45, 2.75) is 0 Å². The van der Waals surface area contributed by atoms with Crippen LogP contribution in [-0.4, -0.2) is 0 Å². The van der Waals surface area contributed by atoms with E-state index in [0.717, 1.165) is 39.4 Å². The summed E-state index contributed by atoms with van der Waals surface area (Å²) >= 11 is 0. The molecule has 0 saturated carbocycles. The van der Waals surface area contributed by atoms with Gasteiger partial charge in [-0.05, 0) is 105 Å². The summed E-state index contributed by atoms with van der Waals surface area (Å²) < 4.78 is 6.27. The molecule has 0 amide bonds. The topological polar surface area (TPSA) is 16.4 Å². The number of rotatable bonds is 7. The maximum atomic E-state index is 6.27. The smallest absolute Gasteiger partial charge is 0.135 e. The lowest BCUT2D eigenvalue weighted by molar-refractivity contribution is 0.631. The van der Waals surface area contributed by atoms with E-state index in [-0.39, 0.29) is 0 Å². The molecule has 1 heterocycles. The highest BCUT2D eigenvalue weighted by molar-refractivity contribution is 5.89. The Balaban J connectivity index is 1.09. The highest BCUT2D eigenvalue weighted by Crippen LogP contribution is 2.39. The van der Waals surface area contributed by atoms with Crippen molar-refractivity contribution in [2.24, 2.45) is 0 Å². The van der Waals surface area contributed by atoms with Crippen molar-refractivity contribution in [3.8, 4) is 44.7 Å². The first kappa shape index (κ1) is 29.5. The number of anilines is 3. The number of benzene rings is 8. The van der Waals surface area contributed by atoms with E-state index in [0.29, 0.717) is 0 Å². The molecule has 0 radical (unpaired) electrons. The molecule has 236 valence electrons. The fraction of sp³-hybridized carbons (Fsp3) is 0. The van der Waals surface area contributed by atoms with E-state index in [2.05, 4.69) is 187 Å². The van der Waals surface area contributed by atoms with Gasteiger partial charge in [0.2, 0.25) is 0 Å². The maximum Gasteiger partial charge on any atom is 0.135 e. The summed E-state index contributed by atoms with van der Waals surface area (Å²) in [5, 5.41) is 3.60. The van der Waals surface area contributed by atoms with Gasteiger partial charge >= 0.3 is 0 Å². The van der Waals surface area contributed by atoms with E-state index in [1.807, 2.05) is 18.2 Å². The standard InChI is InChI=1S/C48H33NO/c1-2-10-34(11-3-1)36-22-26-44(27-23-36)49(46-18-9-17-42(32-46)48-33-43-14-6-7-19-47(43)50-48)45-28-24-37(25-29-45)39-15-8-16-40(30-39)41-21-20-35-12-4-5-13-38(35)31-41/h1-33H. The monoisotopic (exact) mass is 639 g/mol. The molecule has 0 unspecified atom stereocenters. The predicted molar refractivity (Wildman–Crippen MR) is 210 cm³/mol. The van der Waals surface area contributed by atoms with Gasteiger partial charge in [0.15, 0.2) is 0 Å². The van der Waals surface area contributed by atoms with E-state index >= 15 is 0 Å². The van der Waals surface area contributed by atoms with Crippen LogP contribution in [0.15, 0.2) is 205 Å². The van der Waals surface area contributed by atoms with Crippen molar-refractivity contribution < 1.29 is 4.42 Å². The van der Waals surface area contributed by atoms with Gasteiger partial charge in [0.1, 0.15) is 11.3 Å². The molecule has 0 aliphatic carbocycles. The van der Waals surface area contributed by atoms with Crippen molar-refractivity contribution in [3.05, 3.63) is 200 Å². The van der Waals surface area contributed by atoms with Gasteiger partial charge in [-0.2, -0.15) is 0 Å². The maximum absolute atomic E-state index is 6.27. The number of hydrogen-bond donors (Lipinski definition) is 0. The molecule has 2 heteroatoms. The van der Waals surface area contributed by atoms with Crippen molar-refractivity contribution >= 4 is 38.8 Å². The predicted octanol–water partition coefficient (Wildman–Crippen LogP) is 13.7. The lowest BCUT2D eigenvalue weighted by atomic mass is 9.97. The fourth-order valence-electron chi connectivity index (χ4n) is 6.85. The van der Waals surface area contributed by atoms with Crippen molar-refractivity contribution in [2.75, 3.05) is 4.90 Å². The minimum atomic E-state index is 0.856. The van der Waals surface area contributed by atoms with Gasteiger partial charge in [-0.15, -0.1) is 0 Å². The molecule has 9 aromatic rings. The first-order valence-electron chi connectivity index (χ1n) is 17.0. The Kier molecular flexibility index (Phi) is 7.53. The zero-order chi connectivity index (χ0) is 33.3. The van der Waals surface area contributed by atoms with Crippen LogP contribution in [0.1, 0.15) is 0 Å². The third-order valence-electron chi connectivity index (χ3n) is 9.45. The SMILES string of the molecule is c1ccc(-c2ccc(N(c3ccc(-c4cccc(-c5ccc6ccccc6c5)c4)cc3)c3cccc(-c4cc5ccccc5o4)c3)cc2)cc1. The Bertz CT molecular complexity index is 2550. The van der Waals surface area contributed by atoms with Crippen LogP contribution in [0.2, 0.25) is 0 Å². The second-order valence-corrected chi connectivity index (χ2v) is 12.6. The van der Waals surface area contributed by atoms with Crippen molar-refractivity contribution in [3.63, 3.8) is 0 Å². The largest absolute Gasteiger partial charge is 0.456 e. The Morgan fingerprint density at radius 3 is 1.54 bits per heavy atom. The van der Waals surface area contributed by atoms with Crippen LogP contribution in [0.5, 0.6) is 0 Å². The molecule has 0 aliphatic rings. The molecule has 8 aromatic carbocycles. The molecule has 0 bridgehead atoms. The summed E-state index contributed by atoms with van der Waals surface area (Å²) in [6, 6.07) is 71.1. The summed E-state index contributed by atoms with van der Waals surface area (Å²) in [5.41, 5.74) is 12.3. The van der Waals surface area contributed by atoms with Crippen molar-refractivity contribution in [1.29, 1.82) is 0 Å². The number of fused-ring (bicyclic) bond motifs is 2. The summed E-state index contributed by atoms with van der Waals surface area (Å²) in [6.45, 7) is 0. The summed E-state index contributed by atoms with van der Waals surface area (Å²) in [6.07, 6.45) is 0. The normalized spacial score (nSPS) is 11.2. The molecule has 0 N–H and O–H groups in total. The van der Waals surface area contributed by atoms with Crippen LogP contribution in [0.4, 0.5) is 17.1 Å². The van der Waals surface area contributed by atoms with Gasteiger partial charge in [-0.1, -0.05) is 140 Å². The summed E-state index contributed by atoms with van der Waals surface area (Å²) in [4.78, 5) is 2.32. The van der Waals surface area contributed by atoms with Crippen LogP contribution in [-0.2, 0) is 0 Å². The molecule has 2 nitrogen and oxygen atoms in total. The second-order valence-electron chi connectivity index (χ2n) is 12.6. The third-order valence-corrected chi connectivity index (χ3v) is 9.45. The molecule has 0 saturated heterocycles. The van der Waals surface area contributed by atoms with Gasteiger partial charge in [0.25, 0.3) is 0 Å². The average Bonchev–Trinajstić information content (AvgIpc) is 3.64. The number of para-hydroxylation sites is 1. The Labute approximate surface area is 292 Å². The van der Waals surface area contributed by atoms with Crippen LogP contribution in [0.3, 0.4) is 0 Å². The first-order valence-corrected chi connectivity index (χ1v) is 17.0. The van der Waals surface area contributed by atoms with E-state index in [1.54, 1.807) is 0 Å². The lowest BCUT2D eigenvalue weighted by Gasteiger charge is -2.26. The molecule has 0 spiro atoms. The zero-order valence-electron chi connectivity index (χ0n) is 27.4. The van der Waals surface area contributed by atoms with Crippen LogP contribution in [0, 0.1) is 0 Å². The number of furan rings is 1. The quantitative estimate of drug-likeness (QED) is 0.173. The van der Waals surface area contributed by atoms with Gasteiger partial charge in [-0.25, -0.2) is 0 Å². The summed E-state index contributed by atoms with van der Waals surface area (Å²) in [5.74, 6) is 0.856. The number of hydrogen-bond acceptors (Lipinski definition) is 2. The Hall–Kier alpha value is -6.64. The van der Waals surface area contributed by atoms with Gasteiger partial charge in [0.05, 0.1) is 0 Å². The van der Waals surface area contributed by atoms with E-state index < -0.39 is 0 Å². The highest BCUT2D eigenvalue weighted by atomic mass is 16.3. The van der Waals surface area contributed by atoms with E-state index in [4.69, 9.17) is 4.42 Å². The van der Waals surface area contributed by atoms with Crippen LogP contribution >= 0.6 is 0 Å². The Morgan fingerprint density at radius 2 is 0.800 bits per heavy atom. The molecule has 1 aromatic heterocycles. The van der Waals surface area contributed by atoms with Crippen molar-refractivity contribution in [1.82, 2.24) is 0 Å². The lowest BCUT2D eigenvalue weighted by Crippen LogP contribution is -2.10. The minimum absolute atomic E-state index is 0.856. The number of nitrogens with zero attached hydrogens (tertiary/aromatic N) is 1. The fourth-order valence-corrected chi connectivity index (χ4v) is 6.85. The van der Waals surface area contributed by atoms with Gasteiger partial charge in [-0.3, -0.25) is 0 Å². The Morgan fingerprint density at radius 1 is 0.280 bits per heavy atom. The first-order chi connectivity index (χ1) is 24.7. The molecule has 0 aliphatic heterocycles.